The Labute approximate surface area is 111 Å². The number of hydrogen-bond donors (Lipinski definition) is 1. The van der Waals surface area contributed by atoms with Crippen LogP contribution in [0.25, 0.3) is 0 Å². The molecule has 2 rings (SSSR count). The largest absolute Gasteiger partial charge is 0.444 e. The van der Waals surface area contributed by atoms with Gasteiger partial charge in [-0.1, -0.05) is 0 Å². The van der Waals surface area contributed by atoms with Gasteiger partial charge in [-0.05, 0) is 37.6 Å². The summed E-state index contributed by atoms with van der Waals surface area (Å²) >= 11 is 0. The van der Waals surface area contributed by atoms with Crippen LogP contribution >= 0.6 is 0 Å². The molecule has 2 heterocycles. The van der Waals surface area contributed by atoms with Crippen LogP contribution in [0.4, 0.5) is 4.79 Å². The Morgan fingerprint density at radius 2 is 2.16 bits per heavy atom. The Balaban J connectivity index is 2.08. The van der Waals surface area contributed by atoms with E-state index in [4.69, 9.17) is 10.5 Å². The van der Waals surface area contributed by atoms with E-state index in [0.717, 1.165) is 0 Å². The number of carbonyl (C=O) groups is 1. The van der Waals surface area contributed by atoms with E-state index in [1.54, 1.807) is 16.6 Å². The van der Waals surface area contributed by atoms with Gasteiger partial charge < -0.3 is 15.4 Å². The minimum atomic E-state index is -0.713. The van der Waals surface area contributed by atoms with Gasteiger partial charge in [0.25, 0.3) is 0 Å². The summed E-state index contributed by atoms with van der Waals surface area (Å²) in [6.45, 7) is 6.41. The second kappa shape index (κ2) is 4.44. The molecule has 1 unspecified atom stereocenters. The maximum Gasteiger partial charge on any atom is 0.410 e. The predicted molar refractivity (Wildman–Crippen MR) is 67.1 cm³/mol. The number of likely N-dealkylation sites (tertiary alicyclic amines) is 1. The summed E-state index contributed by atoms with van der Waals surface area (Å²) < 4.78 is 6.88. The van der Waals surface area contributed by atoms with Gasteiger partial charge in [-0.2, -0.15) is 0 Å². The van der Waals surface area contributed by atoms with Gasteiger partial charge in [0.1, 0.15) is 5.60 Å². The van der Waals surface area contributed by atoms with Crippen LogP contribution in [-0.2, 0) is 17.3 Å². The highest BCUT2D eigenvalue weighted by atomic mass is 16.6. The summed E-state index contributed by atoms with van der Waals surface area (Å²) in [5.74, 6) is 0.582. The van der Waals surface area contributed by atoms with Gasteiger partial charge in [0, 0.05) is 20.1 Å². The Morgan fingerprint density at radius 3 is 2.68 bits per heavy atom. The Hall–Kier alpha value is -1.70. The summed E-state index contributed by atoms with van der Waals surface area (Å²) in [5.41, 5.74) is 5.08. The molecule has 1 aliphatic heterocycles. The number of hydrogen-bond acceptors (Lipinski definition) is 6. The monoisotopic (exact) mass is 268 g/mol. The topological polar surface area (TPSA) is 99.2 Å². The first kappa shape index (κ1) is 13.7. The zero-order valence-electron chi connectivity index (χ0n) is 11.8. The molecule has 8 heteroatoms. The van der Waals surface area contributed by atoms with Crippen molar-refractivity contribution in [3.63, 3.8) is 0 Å². The number of aryl methyl sites for hydroxylation is 1. The van der Waals surface area contributed by atoms with E-state index < -0.39 is 11.1 Å². The van der Waals surface area contributed by atoms with Gasteiger partial charge in [0.05, 0.1) is 5.54 Å². The van der Waals surface area contributed by atoms with Crippen molar-refractivity contribution in [3.8, 4) is 0 Å². The molecule has 1 saturated heterocycles. The van der Waals surface area contributed by atoms with Crippen molar-refractivity contribution >= 4 is 6.09 Å². The molecule has 2 N–H and O–H groups in total. The fraction of sp³-hybridized carbons (Fsp3) is 0.818. The molecule has 0 bridgehead atoms. The van der Waals surface area contributed by atoms with Gasteiger partial charge in [-0.15, -0.1) is 5.10 Å². The summed E-state index contributed by atoms with van der Waals surface area (Å²) in [5, 5.41) is 11.3. The number of tetrazole rings is 1. The van der Waals surface area contributed by atoms with Crippen LogP contribution in [0, 0.1) is 0 Å². The first-order valence-corrected chi connectivity index (χ1v) is 6.21. The molecular formula is C11H20N6O2. The van der Waals surface area contributed by atoms with Crippen LogP contribution in [0.3, 0.4) is 0 Å². The lowest BCUT2D eigenvalue weighted by Crippen LogP contribution is -2.44. The highest BCUT2D eigenvalue weighted by molar-refractivity contribution is 5.68. The number of aromatic nitrogens is 4. The van der Waals surface area contributed by atoms with Crippen LogP contribution in [0.2, 0.25) is 0 Å². The average Bonchev–Trinajstić information content (AvgIpc) is 2.83. The van der Waals surface area contributed by atoms with Crippen molar-refractivity contribution < 1.29 is 9.53 Å². The van der Waals surface area contributed by atoms with Crippen LogP contribution < -0.4 is 5.73 Å². The molecule has 1 atom stereocenters. The molecule has 1 fully saturated rings. The van der Waals surface area contributed by atoms with E-state index in [2.05, 4.69) is 15.5 Å². The van der Waals surface area contributed by atoms with Crippen LogP contribution in [0.15, 0.2) is 0 Å². The molecule has 1 aromatic heterocycles. The van der Waals surface area contributed by atoms with E-state index in [0.29, 0.717) is 25.3 Å². The average molecular weight is 268 g/mol. The maximum atomic E-state index is 12.0. The SMILES string of the molecule is Cn1nnnc1C1(N)CCN(C(=O)OC(C)(C)C)C1. The van der Waals surface area contributed by atoms with E-state index in [1.807, 2.05) is 20.8 Å². The lowest BCUT2D eigenvalue weighted by atomic mass is 9.99. The molecule has 0 aromatic carbocycles. The number of rotatable bonds is 1. The number of nitrogens with two attached hydrogens (primary N) is 1. The highest BCUT2D eigenvalue weighted by Crippen LogP contribution is 2.28. The van der Waals surface area contributed by atoms with E-state index in [-0.39, 0.29) is 6.09 Å². The van der Waals surface area contributed by atoms with E-state index >= 15 is 0 Å². The number of nitrogens with zero attached hydrogens (tertiary/aromatic N) is 5. The molecule has 0 saturated carbocycles. The predicted octanol–water partition coefficient (Wildman–Crippen LogP) is 0.00490. The number of ether oxygens (including phenoxy) is 1. The third-order valence-corrected chi connectivity index (χ3v) is 3.02. The standard InChI is InChI=1S/C11H20N6O2/c1-10(2,3)19-9(18)17-6-5-11(12,7-17)8-13-14-15-16(8)4/h5-7,12H2,1-4H3. The van der Waals surface area contributed by atoms with Gasteiger partial charge in [0.2, 0.25) is 0 Å². The van der Waals surface area contributed by atoms with Crippen LogP contribution in [0.1, 0.15) is 33.0 Å². The molecule has 0 radical (unpaired) electrons. The summed E-state index contributed by atoms with van der Waals surface area (Å²) in [6.07, 6.45) is 0.260. The molecule has 1 aliphatic rings. The van der Waals surface area contributed by atoms with Gasteiger partial charge >= 0.3 is 6.09 Å². The molecule has 106 valence electrons. The lowest BCUT2D eigenvalue weighted by Gasteiger charge is -2.26. The zero-order chi connectivity index (χ0) is 14.3. The summed E-state index contributed by atoms with van der Waals surface area (Å²) in [6, 6.07) is 0. The number of amides is 1. The Kier molecular flexibility index (Phi) is 3.21. The molecule has 0 aliphatic carbocycles. The molecular weight excluding hydrogens is 248 g/mol. The zero-order valence-corrected chi connectivity index (χ0v) is 11.8. The van der Waals surface area contributed by atoms with E-state index in [1.165, 1.54) is 0 Å². The number of carbonyl (C=O) groups excluding carboxylic acids is 1. The molecule has 19 heavy (non-hydrogen) atoms. The first-order valence-electron chi connectivity index (χ1n) is 6.21. The minimum absolute atomic E-state index is 0.352. The Bertz CT molecular complexity index is 480. The summed E-state index contributed by atoms with van der Waals surface area (Å²) in [4.78, 5) is 13.6. The fourth-order valence-corrected chi connectivity index (χ4v) is 2.15. The third-order valence-electron chi connectivity index (χ3n) is 3.02. The highest BCUT2D eigenvalue weighted by Gasteiger charge is 2.42. The molecule has 8 nitrogen and oxygen atoms in total. The summed E-state index contributed by atoms with van der Waals surface area (Å²) in [7, 11) is 1.74. The van der Waals surface area contributed by atoms with Crippen molar-refractivity contribution in [2.24, 2.45) is 12.8 Å². The minimum Gasteiger partial charge on any atom is -0.444 e. The third kappa shape index (κ3) is 2.83. The van der Waals surface area contributed by atoms with Crippen molar-refractivity contribution in [2.75, 3.05) is 13.1 Å². The molecule has 0 spiro atoms. The smallest absolute Gasteiger partial charge is 0.410 e. The molecule has 1 amide bonds. The van der Waals surface area contributed by atoms with Crippen molar-refractivity contribution in [2.45, 2.75) is 38.3 Å². The Morgan fingerprint density at radius 1 is 1.47 bits per heavy atom. The first-order chi connectivity index (χ1) is 8.71. The van der Waals surface area contributed by atoms with Crippen molar-refractivity contribution in [1.29, 1.82) is 0 Å². The lowest BCUT2D eigenvalue weighted by molar-refractivity contribution is 0.0283. The van der Waals surface area contributed by atoms with Gasteiger partial charge in [-0.3, -0.25) is 0 Å². The van der Waals surface area contributed by atoms with E-state index in [9.17, 15) is 4.79 Å². The quantitative estimate of drug-likeness (QED) is 0.770. The van der Waals surface area contributed by atoms with Crippen molar-refractivity contribution in [3.05, 3.63) is 5.82 Å². The maximum absolute atomic E-state index is 12.0. The normalized spacial score (nSPS) is 23.7. The van der Waals surface area contributed by atoms with Crippen molar-refractivity contribution in [1.82, 2.24) is 25.1 Å². The second-order valence-corrected chi connectivity index (χ2v) is 5.93. The van der Waals surface area contributed by atoms with Crippen LogP contribution in [-0.4, -0.2) is 49.9 Å². The van der Waals surface area contributed by atoms with Crippen LogP contribution in [0.5, 0.6) is 0 Å². The van der Waals surface area contributed by atoms with Gasteiger partial charge in [0.15, 0.2) is 5.82 Å². The van der Waals surface area contributed by atoms with Gasteiger partial charge in [-0.25, -0.2) is 9.48 Å². The fourth-order valence-electron chi connectivity index (χ4n) is 2.15. The second-order valence-electron chi connectivity index (χ2n) is 5.93. The molecule has 1 aromatic rings.